The molecule has 2 aliphatic rings. The van der Waals surface area contributed by atoms with Gasteiger partial charge in [0.2, 0.25) is 0 Å². The zero-order valence-electron chi connectivity index (χ0n) is 11.1. The van der Waals surface area contributed by atoms with Gasteiger partial charge in [0, 0.05) is 11.1 Å². The number of ether oxygens (including phenoxy) is 2. The maximum absolute atomic E-state index is 10.5. The minimum absolute atomic E-state index is 0.746. The Balaban J connectivity index is 2.24. The number of rotatable bonds is 1. The van der Waals surface area contributed by atoms with E-state index in [0.717, 1.165) is 61.5 Å². The topological polar surface area (TPSA) is 38.7 Å². The lowest BCUT2D eigenvalue weighted by Gasteiger charge is -2.32. The van der Waals surface area contributed by atoms with Crippen molar-refractivity contribution in [2.45, 2.75) is 45.1 Å². The Kier molecular flexibility index (Phi) is 2.74. The fraction of sp³-hybridized carbons (Fsp3) is 0.600. The molecule has 98 valence electrons. The standard InChI is InChI=1S/C15H20O3/c1-15(2,16)13-11-6-4-7-17-12(11)9-10-5-3-8-18-14(10)13/h9,16H,3-8H2,1-2H3. The summed E-state index contributed by atoms with van der Waals surface area (Å²) in [7, 11) is 0. The van der Waals surface area contributed by atoms with Crippen molar-refractivity contribution in [3.05, 3.63) is 22.8 Å². The van der Waals surface area contributed by atoms with Gasteiger partial charge in [-0.15, -0.1) is 0 Å². The summed E-state index contributed by atoms with van der Waals surface area (Å²) in [4.78, 5) is 0. The molecule has 0 saturated carbocycles. The maximum Gasteiger partial charge on any atom is 0.129 e. The Morgan fingerprint density at radius 2 is 1.83 bits per heavy atom. The Bertz CT molecular complexity index is 437. The lowest BCUT2D eigenvalue weighted by Crippen LogP contribution is -2.25. The predicted octanol–water partition coefficient (Wildman–Crippen LogP) is 2.56. The zero-order valence-corrected chi connectivity index (χ0v) is 11.1. The molecule has 3 nitrogen and oxygen atoms in total. The average molecular weight is 248 g/mol. The fourth-order valence-electron chi connectivity index (χ4n) is 2.97. The van der Waals surface area contributed by atoms with E-state index in [2.05, 4.69) is 6.07 Å². The van der Waals surface area contributed by atoms with Crippen LogP contribution < -0.4 is 9.47 Å². The second-order valence-corrected chi connectivity index (χ2v) is 5.68. The van der Waals surface area contributed by atoms with Crippen LogP contribution in [0.25, 0.3) is 0 Å². The third-order valence-corrected chi connectivity index (χ3v) is 3.70. The second-order valence-electron chi connectivity index (χ2n) is 5.68. The van der Waals surface area contributed by atoms with Crippen molar-refractivity contribution in [2.75, 3.05) is 13.2 Å². The van der Waals surface area contributed by atoms with E-state index in [4.69, 9.17) is 9.47 Å². The van der Waals surface area contributed by atoms with Gasteiger partial charge in [0.05, 0.1) is 18.8 Å². The van der Waals surface area contributed by atoms with E-state index in [1.165, 1.54) is 5.56 Å². The van der Waals surface area contributed by atoms with E-state index in [-0.39, 0.29) is 0 Å². The van der Waals surface area contributed by atoms with Crippen LogP contribution >= 0.6 is 0 Å². The van der Waals surface area contributed by atoms with Gasteiger partial charge >= 0.3 is 0 Å². The molecule has 0 fully saturated rings. The highest BCUT2D eigenvalue weighted by atomic mass is 16.5. The van der Waals surface area contributed by atoms with E-state index in [1.54, 1.807) is 0 Å². The van der Waals surface area contributed by atoms with Crippen LogP contribution in [0, 0.1) is 0 Å². The van der Waals surface area contributed by atoms with E-state index < -0.39 is 5.60 Å². The van der Waals surface area contributed by atoms with Crippen molar-refractivity contribution in [2.24, 2.45) is 0 Å². The third kappa shape index (κ3) is 1.87. The summed E-state index contributed by atoms with van der Waals surface area (Å²) in [6.45, 7) is 5.18. The molecule has 1 N–H and O–H groups in total. The quantitative estimate of drug-likeness (QED) is 0.830. The molecule has 3 rings (SSSR count). The van der Waals surface area contributed by atoms with Crippen molar-refractivity contribution in [3.8, 4) is 11.5 Å². The van der Waals surface area contributed by atoms with Gasteiger partial charge < -0.3 is 14.6 Å². The number of aliphatic hydroxyl groups is 1. The maximum atomic E-state index is 10.5. The molecule has 2 heterocycles. The van der Waals surface area contributed by atoms with Gasteiger partial charge in [0.1, 0.15) is 11.5 Å². The highest BCUT2D eigenvalue weighted by Crippen LogP contribution is 2.44. The van der Waals surface area contributed by atoms with Crippen molar-refractivity contribution in [3.63, 3.8) is 0 Å². The number of hydrogen-bond acceptors (Lipinski definition) is 3. The summed E-state index contributed by atoms with van der Waals surface area (Å²) >= 11 is 0. The van der Waals surface area contributed by atoms with Gasteiger partial charge in [-0.25, -0.2) is 0 Å². The zero-order chi connectivity index (χ0) is 12.8. The van der Waals surface area contributed by atoms with Crippen LogP contribution in [-0.2, 0) is 18.4 Å². The van der Waals surface area contributed by atoms with Gasteiger partial charge in [0.15, 0.2) is 0 Å². The molecule has 0 spiro atoms. The minimum atomic E-state index is -0.881. The molecule has 0 amide bonds. The number of hydrogen-bond donors (Lipinski definition) is 1. The van der Waals surface area contributed by atoms with Gasteiger partial charge in [-0.2, -0.15) is 0 Å². The SMILES string of the molecule is CC(C)(O)c1c2c(cc3c1OCCC3)OCCC2. The van der Waals surface area contributed by atoms with Crippen LogP contribution in [-0.4, -0.2) is 18.3 Å². The molecule has 0 atom stereocenters. The lowest BCUT2D eigenvalue weighted by molar-refractivity contribution is 0.0716. The number of fused-ring (bicyclic) bond motifs is 2. The highest BCUT2D eigenvalue weighted by Gasteiger charge is 2.31. The highest BCUT2D eigenvalue weighted by molar-refractivity contribution is 5.57. The molecule has 0 unspecified atom stereocenters. The largest absolute Gasteiger partial charge is 0.493 e. The van der Waals surface area contributed by atoms with Gasteiger partial charge in [-0.1, -0.05) is 0 Å². The molecular formula is C15H20O3. The van der Waals surface area contributed by atoms with Crippen molar-refractivity contribution >= 4 is 0 Å². The predicted molar refractivity (Wildman–Crippen MR) is 69.3 cm³/mol. The van der Waals surface area contributed by atoms with Crippen molar-refractivity contribution in [1.82, 2.24) is 0 Å². The molecule has 1 aromatic carbocycles. The Morgan fingerprint density at radius 3 is 2.61 bits per heavy atom. The molecule has 1 aromatic rings. The summed E-state index contributed by atoms with van der Waals surface area (Å²) in [6, 6.07) is 2.11. The molecule has 18 heavy (non-hydrogen) atoms. The smallest absolute Gasteiger partial charge is 0.129 e. The molecule has 2 aliphatic heterocycles. The summed E-state index contributed by atoms with van der Waals surface area (Å²) in [5.41, 5.74) is 2.37. The second kappa shape index (κ2) is 4.16. The normalized spacial score (nSPS) is 18.4. The summed E-state index contributed by atoms with van der Waals surface area (Å²) < 4.78 is 11.6. The first-order valence-corrected chi connectivity index (χ1v) is 6.74. The Hall–Kier alpha value is -1.22. The Morgan fingerprint density at radius 1 is 1.11 bits per heavy atom. The van der Waals surface area contributed by atoms with E-state index in [1.807, 2.05) is 13.8 Å². The Labute approximate surface area is 108 Å². The fourth-order valence-corrected chi connectivity index (χ4v) is 2.97. The van der Waals surface area contributed by atoms with Gasteiger partial charge in [0.25, 0.3) is 0 Å². The molecule has 0 saturated heterocycles. The molecule has 3 heteroatoms. The van der Waals surface area contributed by atoms with Crippen LogP contribution in [0.1, 0.15) is 43.4 Å². The van der Waals surface area contributed by atoms with E-state index >= 15 is 0 Å². The molecule has 0 aliphatic carbocycles. The first-order chi connectivity index (χ1) is 8.57. The van der Waals surface area contributed by atoms with Crippen LogP contribution in [0.2, 0.25) is 0 Å². The average Bonchev–Trinajstić information content (AvgIpc) is 2.34. The van der Waals surface area contributed by atoms with Crippen LogP contribution in [0.15, 0.2) is 6.07 Å². The lowest BCUT2D eigenvalue weighted by atomic mass is 9.85. The summed E-state index contributed by atoms with van der Waals surface area (Å²) in [6.07, 6.45) is 4.02. The van der Waals surface area contributed by atoms with Crippen LogP contribution in [0.5, 0.6) is 11.5 Å². The first kappa shape index (κ1) is 11.8. The summed E-state index contributed by atoms with van der Waals surface area (Å²) in [5, 5.41) is 10.5. The number of aryl methyl sites for hydroxylation is 1. The van der Waals surface area contributed by atoms with Gasteiger partial charge in [-0.3, -0.25) is 0 Å². The molecule has 0 bridgehead atoms. The molecular weight excluding hydrogens is 228 g/mol. The minimum Gasteiger partial charge on any atom is -0.493 e. The molecule has 0 radical (unpaired) electrons. The van der Waals surface area contributed by atoms with Crippen LogP contribution in [0.3, 0.4) is 0 Å². The van der Waals surface area contributed by atoms with E-state index in [9.17, 15) is 5.11 Å². The van der Waals surface area contributed by atoms with Crippen molar-refractivity contribution in [1.29, 1.82) is 0 Å². The third-order valence-electron chi connectivity index (χ3n) is 3.70. The summed E-state index contributed by atoms with van der Waals surface area (Å²) in [5.74, 6) is 1.85. The van der Waals surface area contributed by atoms with Gasteiger partial charge in [-0.05, 0) is 51.2 Å². The number of benzene rings is 1. The van der Waals surface area contributed by atoms with Crippen molar-refractivity contribution < 1.29 is 14.6 Å². The van der Waals surface area contributed by atoms with E-state index in [0.29, 0.717) is 0 Å². The first-order valence-electron chi connectivity index (χ1n) is 6.74. The molecule has 0 aromatic heterocycles. The monoisotopic (exact) mass is 248 g/mol. The van der Waals surface area contributed by atoms with Crippen LogP contribution in [0.4, 0.5) is 0 Å².